The van der Waals surface area contributed by atoms with Gasteiger partial charge >= 0.3 is 6.03 Å². The summed E-state index contributed by atoms with van der Waals surface area (Å²) < 4.78 is 0. The van der Waals surface area contributed by atoms with Crippen LogP contribution in [0.15, 0.2) is 18.3 Å². The standard InChI is InChI=1S/C16H25N5O2/c1-12(22)21-9-6-14(7-10-21)19-16(23)18-11-13-5-4-8-17-15(13)20(2)3/h4-5,8,14H,6-7,9-11H2,1-3H3,(H2,18,19,23). The van der Waals surface area contributed by atoms with Gasteiger partial charge in [0.15, 0.2) is 0 Å². The Hall–Kier alpha value is -2.31. The average molecular weight is 319 g/mol. The van der Waals surface area contributed by atoms with Crippen LogP contribution in [0, 0.1) is 0 Å². The number of hydrogen-bond donors (Lipinski definition) is 2. The minimum atomic E-state index is -0.181. The quantitative estimate of drug-likeness (QED) is 0.866. The van der Waals surface area contributed by atoms with E-state index in [0.717, 1.165) is 24.2 Å². The average Bonchev–Trinajstić information content (AvgIpc) is 2.53. The third-order valence-electron chi connectivity index (χ3n) is 4.01. The van der Waals surface area contributed by atoms with E-state index in [2.05, 4.69) is 15.6 Å². The number of carbonyl (C=O) groups excluding carboxylic acids is 2. The molecule has 1 aliphatic rings. The van der Waals surface area contributed by atoms with Gasteiger partial charge in [-0.2, -0.15) is 0 Å². The summed E-state index contributed by atoms with van der Waals surface area (Å²) in [6.45, 7) is 3.41. The van der Waals surface area contributed by atoms with Crippen molar-refractivity contribution in [3.63, 3.8) is 0 Å². The highest BCUT2D eigenvalue weighted by Crippen LogP contribution is 2.14. The van der Waals surface area contributed by atoms with Gasteiger partial charge < -0.3 is 20.4 Å². The Morgan fingerprint density at radius 2 is 2.04 bits per heavy atom. The van der Waals surface area contributed by atoms with E-state index in [1.165, 1.54) is 0 Å². The van der Waals surface area contributed by atoms with E-state index in [4.69, 9.17) is 0 Å². The fourth-order valence-corrected chi connectivity index (χ4v) is 2.72. The van der Waals surface area contributed by atoms with Crippen LogP contribution in [-0.4, -0.2) is 55.0 Å². The normalized spacial score (nSPS) is 15.2. The molecule has 1 aromatic rings. The monoisotopic (exact) mass is 319 g/mol. The number of nitrogens with zero attached hydrogens (tertiary/aromatic N) is 3. The Kier molecular flexibility index (Phi) is 5.78. The molecule has 0 bridgehead atoms. The lowest BCUT2D eigenvalue weighted by atomic mass is 10.1. The van der Waals surface area contributed by atoms with E-state index in [1.54, 1.807) is 13.1 Å². The first-order chi connectivity index (χ1) is 11.0. The second-order valence-corrected chi connectivity index (χ2v) is 5.99. The molecule has 0 spiro atoms. The summed E-state index contributed by atoms with van der Waals surface area (Å²) in [5.41, 5.74) is 0.971. The predicted octanol–water partition coefficient (Wildman–Crippen LogP) is 0.958. The third-order valence-corrected chi connectivity index (χ3v) is 4.01. The third kappa shape index (κ3) is 4.84. The smallest absolute Gasteiger partial charge is 0.315 e. The first kappa shape index (κ1) is 17.1. The van der Waals surface area contributed by atoms with E-state index in [-0.39, 0.29) is 18.0 Å². The molecule has 1 saturated heterocycles. The maximum absolute atomic E-state index is 12.0. The molecule has 2 N–H and O–H groups in total. The Labute approximate surface area is 137 Å². The molecule has 2 heterocycles. The Morgan fingerprint density at radius 1 is 1.35 bits per heavy atom. The van der Waals surface area contributed by atoms with Crippen LogP contribution in [0.4, 0.5) is 10.6 Å². The number of anilines is 1. The second-order valence-electron chi connectivity index (χ2n) is 5.99. The van der Waals surface area contributed by atoms with Gasteiger partial charge in [0.05, 0.1) is 0 Å². The van der Waals surface area contributed by atoms with Crippen molar-refractivity contribution in [2.45, 2.75) is 32.4 Å². The molecule has 7 nitrogen and oxygen atoms in total. The molecule has 2 rings (SSSR count). The Morgan fingerprint density at radius 3 is 2.65 bits per heavy atom. The molecular formula is C16H25N5O2. The van der Waals surface area contributed by atoms with Crippen LogP contribution in [0.1, 0.15) is 25.3 Å². The lowest BCUT2D eigenvalue weighted by Crippen LogP contribution is -2.48. The minimum absolute atomic E-state index is 0.0979. The number of hydrogen-bond acceptors (Lipinski definition) is 4. The molecule has 1 aliphatic heterocycles. The maximum Gasteiger partial charge on any atom is 0.315 e. The van der Waals surface area contributed by atoms with Gasteiger partial charge in [-0.3, -0.25) is 4.79 Å². The van der Waals surface area contributed by atoms with Gasteiger partial charge in [0.1, 0.15) is 5.82 Å². The molecule has 3 amide bonds. The summed E-state index contributed by atoms with van der Waals surface area (Å²) in [7, 11) is 3.85. The Bertz CT molecular complexity index is 553. The van der Waals surface area contributed by atoms with Crippen molar-refractivity contribution in [1.82, 2.24) is 20.5 Å². The van der Waals surface area contributed by atoms with Crippen LogP contribution in [0.2, 0.25) is 0 Å². The van der Waals surface area contributed by atoms with E-state index >= 15 is 0 Å². The highest BCUT2D eigenvalue weighted by molar-refractivity contribution is 5.75. The summed E-state index contributed by atoms with van der Waals surface area (Å²) in [6.07, 6.45) is 3.33. The van der Waals surface area contributed by atoms with Crippen molar-refractivity contribution in [3.8, 4) is 0 Å². The molecule has 0 radical (unpaired) electrons. The van der Waals surface area contributed by atoms with E-state index < -0.39 is 0 Å². The number of amides is 3. The van der Waals surface area contributed by atoms with Crippen molar-refractivity contribution < 1.29 is 9.59 Å². The van der Waals surface area contributed by atoms with Crippen LogP contribution >= 0.6 is 0 Å². The highest BCUT2D eigenvalue weighted by atomic mass is 16.2. The molecule has 0 aliphatic carbocycles. The molecule has 126 valence electrons. The van der Waals surface area contributed by atoms with E-state index in [9.17, 15) is 9.59 Å². The fourth-order valence-electron chi connectivity index (χ4n) is 2.72. The van der Waals surface area contributed by atoms with Gasteiger partial charge in [-0.15, -0.1) is 0 Å². The number of urea groups is 1. The number of aromatic nitrogens is 1. The van der Waals surface area contributed by atoms with Gasteiger partial charge in [-0.05, 0) is 18.9 Å². The number of carbonyl (C=O) groups is 2. The molecule has 0 unspecified atom stereocenters. The van der Waals surface area contributed by atoms with Crippen LogP contribution < -0.4 is 15.5 Å². The molecular weight excluding hydrogens is 294 g/mol. The van der Waals surface area contributed by atoms with Crippen LogP contribution in [0.5, 0.6) is 0 Å². The molecule has 1 aromatic heterocycles. The largest absolute Gasteiger partial charge is 0.362 e. The van der Waals surface area contributed by atoms with E-state index in [1.807, 2.05) is 36.0 Å². The fraction of sp³-hybridized carbons (Fsp3) is 0.562. The van der Waals surface area contributed by atoms with Crippen LogP contribution in [-0.2, 0) is 11.3 Å². The van der Waals surface area contributed by atoms with Gasteiger partial charge in [0, 0.05) is 58.5 Å². The predicted molar refractivity (Wildman–Crippen MR) is 89.2 cm³/mol. The second kappa shape index (κ2) is 7.80. The minimum Gasteiger partial charge on any atom is -0.362 e. The molecule has 7 heteroatoms. The lowest BCUT2D eigenvalue weighted by molar-refractivity contribution is -0.129. The number of piperidine rings is 1. The first-order valence-electron chi connectivity index (χ1n) is 7.88. The summed E-state index contributed by atoms with van der Waals surface area (Å²) in [5, 5.41) is 5.85. The van der Waals surface area contributed by atoms with E-state index in [0.29, 0.717) is 19.6 Å². The molecule has 23 heavy (non-hydrogen) atoms. The topological polar surface area (TPSA) is 77.6 Å². The van der Waals surface area contributed by atoms with Crippen molar-refractivity contribution in [2.24, 2.45) is 0 Å². The first-order valence-corrected chi connectivity index (χ1v) is 7.88. The van der Waals surface area contributed by atoms with Gasteiger partial charge in [-0.1, -0.05) is 6.07 Å². The maximum atomic E-state index is 12.0. The summed E-state index contributed by atoms with van der Waals surface area (Å²) >= 11 is 0. The van der Waals surface area contributed by atoms with Crippen molar-refractivity contribution in [3.05, 3.63) is 23.9 Å². The Balaban J connectivity index is 1.79. The highest BCUT2D eigenvalue weighted by Gasteiger charge is 2.21. The molecule has 0 atom stereocenters. The van der Waals surface area contributed by atoms with Crippen LogP contribution in [0.25, 0.3) is 0 Å². The summed E-state index contributed by atoms with van der Waals surface area (Å²) in [5.74, 6) is 0.947. The van der Waals surface area contributed by atoms with Gasteiger partial charge in [0.2, 0.25) is 5.91 Å². The number of pyridine rings is 1. The molecule has 0 saturated carbocycles. The zero-order valence-corrected chi connectivity index (χ0v) is 14.0. The zero-order chi connectivity index (χ0) is 16.8. The SMILES string of the molecule is CC(=O)N1CCC(NC(=O)NCc2cccnc2N(C)C)CC1. The number of nitrogens with one attached hydrogen (secondary N) is 2. The summed E-state index contributed by atoms with van der Waals surface area (Å²) in [6, 6.07) is 3.75. The van der Waals surface area contributed by atoms with Crippen LogP contribution in [0.3, 0.4) is 0 Å². The van der Waals surface area contributed by atoms with Gasteiger partial charge in [-0.25, -0.2) is 9.78 Å². The van der Waals surface area contributed by atoms with Crippen molar-refractivity contribution in [2.75, 3.05) is 32.1 Å². The summed E-state index contributed by atoms with van der Waals surface area (Å²) in [4.78, 5) is 31.4. The zero-order valence-electron chi connectivity index (χ0n) is 14.0. The lowest BCUT2D eigenvalue weighted by Gasteiger charge is -2.31. The molecule has 1 fully saturated rings. The van der Waals surface area contributed by atoms with Gasteiger partial charge in [0.25, 0.3) is 0 Å². The number of rotatable bonds is 4. The van der Waals surface area contributed by atoms with Crippen molar-refractivity contribution in [1.29, 1.82) is 0 Å². The molecule has 0 aromatic carbocycles. The number of likely N-dealkylation sites (tertiary alicyclic amines) is 1. The van der Waals surface area contributed by atoms with Crippen molar-refractivity contribution >= 4 is 17.8 Å².